The Morgan fingerprint density at radius 1 is 1.08 bits per heavy atom. The molecule has 3 aromatic rings. The maximum Gasteiger partial charge on any atom is 0.219 e. The van der Waals surface area contributed by atoms with Gasteiger partial charge >= 0.3 is 0 Å². The van der Waals surface area contributed by atoms with Gasteiger partial charge in [-0.1, -0.05) is 35.9 Å². The van der Waals surface area contributed by atoms with E-state index >= 15 is 0 Å². The van der Waals surface area contributed by atoms with Crippen LogP contribution in [0, 0.1) is 17.1 Å². The number of hydrogen-bond acceptors (Lipinski definition) is 6. The molecule has 0 spiro atoms. The van der Waals surface area contributed by atoms with Gasteiger partial charge in [0.1, 0.15) is 34.7 Å². The van der Waals surface area contributed by atoms with Gasteiger partial charge in [0.25, 0.3) is 0 Å². The van der Waals surface area contributed by atoms with Crippen LogP contribution in [0.25, 0.3) is 0 Å². The number of fused-ring (bicyclic) bond motifs is 1. The first-order valence-electron chi connectivity index (χ1n) is 12.1. The van der Waals surface area contributed by atoms with Crippen molar-refractivity contribution in [2.45, 2.75) is 43.7 Å². The molecule has 0 fully saturated rings. The maximum absolute atomic E-state index is 14.6. The summed E-state index contributed by atoms with van der Waals surface area (Å²) in [4.78, 5) is 14.6. The summed E-state index contributed by atoms with van der Waals surface area (Å²) in [6.45, 7) is 5.94. The molecule has 0 N–H and O–H groups in total. The average Bonchev–Trinajstić information content (AvgIpc) is 3.18. The Hall–Kier alpha value is -3.38. The Morgan fingerprint density at radius 3 is 2.37 bits per heavy atom. The van der Waals surface area contributed by atoms with Crippen molar-refractivity contribution in [3.63, 3.8) is 0 Å². The number of nitriles is 1. The van der Waals surface area contributed by atoms with Crippen LogP contribution < -0.4 is 14.2 Å². The molecule has 1 unspecified atom stereocenters. The fourth-order valence-corrected chi connectivity index (χ4v) is 6.03. The van der Waals surface area contributed by atoms with Gasteiger partial charge in [-0.25, -0.2) is 4.39 Å². The van der Waals surface area contributed by atoms with E-state index in [2.05, 4.69) is 6.07 Å². The Morgan fingerprint density at radius 2 is 1.79 bits per heavy atom. The van der Waals surface area contributed by atoms with E-state index in [0.29, 0.717) is 21.9 Å². The fourth-order valence-electron chi connectivity index (χ4n) is 4.90. The first-order valence-corrected chi connectivity index (χ1v) is 15.9. The van der Waals surface area contributed by atoms with Crippen molar-refractivity contribution in [1.29, 1.82) is 5.26 Å². The van der Waals surface area contributed by atoms with Crippen LogP contribution in [-0.4, -0.2) is 34.4 Å². The van der Waals surface area contributed by atoms with Crippen molar-refractivity contribution in [1.82, 2.24) is 0 Å². The minimum absolute atomic E-state index is 0.0754. The van der Waals surface area contributed by atoms with Crippen molar-refractivity contribution in [3.8, 4) is 23.3 Å². The van der Waals surface area contributed by atoms with Gasteiger partial charge in [-0.3, -0.25) is 4.79 Å². The molecule has 0 radical (unpaired) electrons. The zero-order valence-electron chi connectivity index (χ0n) is 21.9. The highest BCUT2D eigenvalue weighted by Gasteiger charge is 2.57. The van der Waals surface area contributed by atoms with Crippen LogP contribution in [0.3, 0.4) is 0 Å². The molecule has 6 nitrogen and oxygen atoms in total. The lowest BCUT2D eigenvalue weighted by Gasteiger charge is -2.38. The SMILES string of the molecule is COc1cc(OC)c2c(c1)O[C@@](c1ccc(Cl)cc1)([C@H](CC(C#N)O[Si](C)(C)C)c1cccc(F)c1)C2=O. The van der Waals surface area contributed by atoms with Gasteiger partial charge in [-0.15, -0.1) is 0 Å². The summed E-state index contributed by atoms with van der Waals surface area (Å²) >= 11 is 6.20. The summed E-state index contributed by atoms with van der Waals surface area (Å²) in [5.74, 6) is -0.667. The number of hydrogen-bond donors (Lipinski definition) is 0. The third kappa shape index (κ3) is 5.28. The Balaban J connectivity index is 1.99. The molecule has 0 saturated carbocycles. The van der Waals surface area contributed by atoms with Gasteiger partial charge in [0.2, 0.25) is 11.4 Å². The average molecular weight is 554 g/mol. The molecule has 4 rings (SSSR count). The zero-order valence-corrected chi connectivity index (χ0v) is 23.6. The lowest BCUT2D eigenvalue weighted by Crippen LogP contribution is -2.45. The summed E-state index contributed by atoms with van der Waals surface area (Å²) in [5.41, 5.74) is -0.433. The summed E-state index contributed by atoms with van der Waals surface area (Å²) in [6.07, 6.45) is -0.790. The highest BCUT2D eigenvalue weighted by atomic mass is 35.5. The third-order valence-corrected chi connectivity index (χ3v) is 7.68. The molecule has 3 aromatic carbocycles. The first kappa shape index (κ1) is 27.6. The predicted molar refractivity (Wildman–Crippen MR) is 145 cm³/mol. The minimum atomic E-state index is -2.15. The van der Waals surface area contributed by atoms with Crippen LogP contribution in [0.1, 0.15) is 33.8 Å². The van der Waals surface area contributed by atoms with E-state index in [-0.39, 0.29) is 29.3 Å². The Bertz CT molecular complexity index is 1390. The predicted octanol–water partition coefficient (Wildman–Crippen LogP) is 6.88. The number of carbonyl (C=O) groups is 1. The van der Waals surface area contributed by atoms with Gasteiger partial charge in [-0.05, 0) is 55.9 Å². The molecule has 0 aromatic heterocycles. The molecule has 0 aliphatic carbocycles. The molecular weight excluding hydrogens is 525 g/mol. The van der Waals surface area contributed by atoms with Crippen molar-refractivity contribution < 1.29 is 27.8 Å². The number of halogens is 2. The fraction of sp³-hybridized carbons (Fsp3) is 0.310. The largest absolute Gasteiger partial charge is 0.496 e. The third-order valence-electron chi connectivity index (χ3n) is 6.43. The minimum Gasteiger partial charge on any atom is -0.496 e. The van der Waals surface area contributed by atoms with Gasteiger partial charge in [0.15, 0.2) is 8.32 Å². The number of ketones is 1. The molecule has 1 aliphatic heterocycles. The molecule has 0 saturated heterocycles. The number of methoxy groups -OCH3 is 2. The normalized spacial score (nSPS) is 18.2. The quantitative estimate of drug-likeness (QED) is 0.269. The molecule has 38 heavy (non-hydrogen) atoms. The number of carbonyl (C=O) groups excluding carboxylic acids is 1. The molecule has 0 bridgehead atoms. The Kier molecular flexibility index (Phi) is 7.84. The van der Waals surface area contributed by atoms with E-state index in [1.807, 2.05) is 19.6 Å². The number of nitrogens with zero attached hydrogens (tertiary/aromatic N) is 1. The van der Waals surface area contributed by atoms with Crippen molar-refractivity contribution in [2.24, 2.45) is 0 Å². The first-order chi connectivity index (χ1) is 18.0. The van der Waals surface area contributed by atoms with Crippen molar-refractivity contribution >= 4 is 25.7 Å². The lowest BCUT2D eigenvalue weighted by molar-refractivity contribution is 0.0344. The van der Waals surface area contributed by atoms with Crippen molar-refractivity contribution in [2.75, 3.05) is 14.2 Å². The Labute approximate surface area is 228 Å². The van der Waals surface area contributed by atoms with Crippen LogP contribution in [0.5, 0.6) is 17.2 Å². The van der Waals surface area contributed by atoms with Crippen molar-refractivity contribution in [3.05, 3.63) is 88.2 Å². The lowest BCUT2D eigenvalue weighted by atomic mass is 9.71. The summed E-state index contributed by atoms with van der Waals surface area (Å²) in [6, 6.07) is 18.2. The van der Waals surface area contributed by atoms with Crippen LogP contribution >= 0.6 is 11.6 Å². The molecule has 1 heterocycles. The molecular formula is C29H29ClFNO5Si. The standard InChI is InChI=1S/C29H29ClFNO5Si/c1-34-22-15-25(35-2)27-26(16-22)36-29(28(27)33,19-9-11-20(30)12-10-19)24(18-7-6-8-21(31)13-18)14-23(17-32)37-38(3,4)5/h6-13,15-16,23-24H,14H2,1-5H3/t23?,24-,29+/m1/s1. The van der Waals surface area contributed by atoms with Crippen LogP contribution in [0.2, 0.25) is 24.7 Å². The smallest absolute Gasteiger partial charge is 0.219 e. The van der Waals surface area contributed by atoms with E-state index in [1.165, 1.54) is 26.4 Å². The molecule has 1 aliphatic rings. The zero-order chi connectivity index (χ0) is 27.7. The number of Topliss-reactive ketones (excluding diaryl/α,β-unsaturated/α-hetero) is 1. The summed E-state index contributed by atoms with van der Waals surface area (Å²) in [7, 11) is 0.811. The molecule has 9 heteroatoms. The second-order valence-electron chi connectivity index (χ2n) is 10.1. The van der Waals surface area contributed by atoms with E-state index in [4.69, 9.17) is 30.2 Å². The molecule has 0 amide bonds. The van der Waals surface area contributed by atoms with Crippen LogP contribution in [-0.2, 0) is 10.0 Å². The van der Waals surface area contributed by atoms with Crippen LogP contribution in [0.15, 0.2) is 60.7 Å². The molecule has 3 atom stereocenters. The number of rotatable bonds is 9. The number of benzene rings is 3. The maximum atomic E-state index is 14.6. The topological polar surface area (TPSA) is 77.8 Å². The van der Waals surface area contributed by atoms with Gasteiger partial charge < -0.3 is 18.6 Å². The summed E-state index contributed by atoms with van der Waals surface area (Å²) < 4.78 is 38.4. The highest BCUT2D eigenvalue weighted by Crippen LogP contribution is 2.54. The van der Waals surface area contributed by atoms with Crippen LogP contribution in [0.4, 0.5) is 4.39 Å². The van der Waals surface area contributed by atoms with Gasteiger partial charge in [0.05, 0.1) is 20.3 Å². The molecule has 198 valence electrons. The second-order valence-corrected chi connectivity index (χ2v) is 15.0. The van der Waals surface area contributed by atoms with Gasteiger partial charge in [0, 0.05) is 28.6 Å². The van der Waals surface area contributed by atoms with Gasteiger partial charge in [-0.2, -0.15) is 5.26 Å². The van der Waals surface area contributed by atoms with E-state index in [0.717, 1.165) is 0 Å². The second kappa shape index (κ2) is 10.8. The summed E-state index contributed by atoms with van der Waals surface area (Å²) in [5, 5.41) is 10.5. The van der Waals surface area contributed by atoms with E-state index < -0.39 is 31.8 Å². The van der Waals surface area contributed by atoms with E-state index in [1.54, 1.807) is 48.5 Å². The van der Waals surface area contributed by atoms with E-state index in [9.17, 15) is 14.4 Å². The number of ether oxygens (including phenoxy) is 3. The highest BCUT2D eigenvalue weighted by molar-refractivity contribution is 6.69. The monoisotopic (exact) mass is 553 g/mol.